The predicted octanol–water partition coefficient (Wildman–Crippen LogP) is 4.70. The van der Waals surface area contributed by atoms with Crippen LogP contribution in [0.1, 0.15) is 15.9 Å². The van der Waals surface area contributed by atoms with E-state index >= 15 is 0 Å². The molecule has 8 heteroatoms. The molecular weight excluding hydrogens is 478 g/mol. The molecule has 0 aliphatic carbocycles. The molecule has 3 N–H and O–H groups in total. The molecule has 0 aliphatic rings. The van der Waals surface area contributed by atoms with Crippen molar-refractivity contribution < 1.29 is 13.2 Å². The third kappa shape index (κ3) is 4.98. The number of rotatable bonds is 7. The standard InChI is InChI=1S/C23H20BrN3O3S/c24-18-8-10-20(11-9-18)31(29,30)27-19-5-3-4-16(14-19)23(28)25-13-12-17-15-26-22-7-2-1-6-21(17)22/h1-11,14-15,26-27H,12-13H2,(H,25,28). The first-order valence-electron chi connectivity index (χ1n) is 9.64. The lowest BCUT2D eigenvalue weighted by molar-refractivity contribution is 0.0954. The van der Waals surface area contributed by atoms with E-state index in [2.05, 4.69) is 31.0 Å². The van der Waals surface area contributed by atoms with Crippen molar-refractivity contribution in [3.05, 3.63) is 94.6 Å². The maximum absolute atomic E-state index is 12.6. The van der Waals surface area contributed by atoms with Gasteiger partial charge in [0, 0.05) is 39.4 Å². The highest BCUT2D eigenvalue weighted by molar-refractivity contribution is 9.10. The molecule has 31 heavy (non-hydrogen) atoms. The van der Waals surface area contributed by atoms with Gasteiger partial charge in [0.25, 0.3) is 15.9 Å². The molecule has 3 aromatic carbocycles. The van der Waals surface area contributed by atoms with Gasteiger partial charge in [0.05, 0.1) is 4.90 Å². The van der Waals surface area contributed by atoms with Crippen molar-refractivity contribution in [3.8, 4) is 0 Å². The van der Waals surface area contributed by atoms with E-state index in [9.17, 15) is 13.2 Å². The summed E-state index contributed by atoms with van der Waals surface area (Å²) in [7, 11) is -3.75. The van der Waals surface area contributed by atoms with Gasteiger partial charge in [0.1, 0.15) is 0 Å². The lowest BCUT2D eigenvalue weighted by Crippen LogP contribution is -2.25. The van der Waals surface area contributed by atoms with Crippen LogP contribution in [0.2, 0.25) is 0 Å². The Bertz CT molecular complexity index is 1330. The highest BCUT2D eigenvalue weighted by Gasteiger charge is 2.15. The summed E-state index contributed by atoms with van der Waals surface area (Å²) in [5.41, 5.74) is 2.91. The zero-order valence-electron chi connectivity index (χ0n) is 16.4. The molecule has 0 saturated carbocycles. The Morgan fingerprint density at radius 1 is 0.968 bits per heavy atom. The molecule has 0 spiro atoms. The number of aromatic amines is 1. The number of hydrogen-bond acceptors (Lipinski definition) is 3. The van der Waals surface area contributed by atoms with E-state index in [0.29, 0.717) is 24.2 Å². The number of fused-ring (bicyclic) bond motifs is 1. The van der Waals surface area contributed by atoms with Crippen molar-refractivity contribution in [2.24, 2.45) is 0 Å². The predicted molar refractivity (Wildman–Crippen MR) is 126 cm³/mol. The average Bonchev–Trinajstić information content (AvgIpc) is 3.17. The van der Waals surface area contributed by atoms with Crippen LogP contribution in [0.25, 0.3) is 10.9 Å². The summed E-state index contributed by atoms with van der Waals surface area (Å²) in [5, 5.41) is 4.03. The van der Waals surface area contributed by atoms with E-state index in [1.807, 2.05) is 30.5 Å². The number of halogens is 1. The third-order valence-electron chi connectivity index (χ3n) is 4.86. The maximum atomic E-state index is 12.6. The first-order valence-corrected chi connectivity index (χ1v) is 11.9. The van der Waals surface area contributed by atoms with Crippen molar-refractivity contribution in [2.45, 2.75) is 11.3 Å². The van der Waals surface area contributed by atoms with Gasteiger partial charge >= 0.3 is 0 Å². The summed E-state index contributed by atoms with van der Waals surface area (Å²) in [6.45, 7) is 0.468. The van der Waals surface area contributed by atoms with E-state index in [1.165, 1.54) is 18.2 Å². The van der Waals surface area contributed by atoms with E-state index < -0.39 is 10.0 Å². The molecule has 0 fully saturated rings. The van der Waals surface area contributed by atoms with Crippen LogP contribution in [0, 0.1) is 0 Å². The van der Waals surface area contributed by atoms with Crippen LogP contribution in [0.5, 0.6) is 0 Å². The van der Waals surface area contributed by atoms with E-state index in [-0.39, 0.29) is 10.8 Å². The Morgan fingerprint density at radius 3 is 2.55 bits per heavy atom. The zero-order valence-corrected chi connectivity index (χ0v) is 18.8. The van der Waals surface area contributed by atoms with Gasteiger partial charge in [-0.25, -0.2) is 8.42 Å². The first kappa shape index (κ1) is 21.1. The van der Waals surface area contributed by atoms with Gasteiger partial charge in [0.15, 0.2) is 0 Å². The van der Waals surface area contributed by atoms with Crippen molar-refractivity contribution in [3.63, 3.8) is 0 Å². The highest BCUT2D eigenvalue weighted by Crippen LogP contribution is 2.20. The Morgan fingerprint density at radius 2 is 1.74 bits per heavy atom. The summed E-state index contributed by atoms with van der Waals surface area (Å²) in [4.78, 5) is 15.9. The monoisotopic (exact) mass is 497 g/mol. The molecule has 1 amide bonds. The highest BCUT2D eigenvalue weighted by atomic mass is 79.9. The van der Waals surface area contributed by atoms with Gasteiger partial charge in [-0.3, -0.25) is 9.52 Å². The normalized spacial score (nSPS) is 11.4. The largest absolute Gasteiger partial charge is 0.361 e. The number of hydrogen-bond donors (Lipinski definition) is 3. The number of sulfonamides is 1. The van der Waals surface area contributed by atoms with E-state index in [1.54, 1.807) is 30.3 Å². The molecule has 0 unspecified atom stereocenters. The number of amides is 1. The number of para-hydroxylation sites is 1. The van der Waals surface area contributed by atoms with Gasteiger partial charge in [-0.2, -0.15) is 0 Å². The second-order valence-corrected chi connectivity index (χ2v) is 9.60. The number of H-pyrrole nitrogens is 1. The van der Waals surface area contributed by atoms with Gasteiger partial charge in [-0.05, 0) is 60.5 Å². The first-order chi connectivity index (χ1) is 14.9. The van der Waals surface area contributed by atoms with E-state index in [0.717, 1.165) is 20.9 Å². The van der Waals surface area contributed by atoms with Crippen molar-refractivity contribution >= 4 is 48.5 Å². The number of anilines is 1. The van der Waals surface area contributed by atoms with Gasteiger partial charge in [0.2, 0.25) is 0 Å². The van der Waals surface area contributed by atoms with Gasteiger partial charge in [-0.15, -0.1) is 0 Å². The molecular formula is C23H20BrN3O3S. The number of benzene rings is 3. The summed E-state index contributed by atoms with van der Waals surface area (Å²) < 4.78 is 28.5. The second kappa shape index (κ2) is 8.95. The lowest BCUT2D eigenvalue weighted by atomic mass is 10.1. The summed E-state index contributed by atoms with van der Waals surface area (Å²) in [5.74, 6) is -0.260. The Balaban J connectivity index is 1.40. The molecule has 158 valence electrons. The molecule has 6 nitrogen and oxygen atoms in total. The minimum absolute atomic E-state index is 0.143. The zero-order chi connectivity index (χ0) is 21.8. The third-order valence-corrected chi connectivity index (χ3v) is 6.78. The SMILES string of the molecule is O=C(NCCc1c[nH]c2ccccc12)c1cccc(NS(=O)(=O)c2ccc(Br)cc2)c1. The lowest BCUT2D eigenvalue weighted by Gasteiger charge is -2.10. The quantitative estimate of drug-likeness (QED) is 0.345. The van der Waals surface area contributed by atoms with Crippen LogP contribution in [0.15, 0.2) is 88.4 Å². The summed E-state index contributed by atoms with van der Waals surface area (Å²) in [6, 6.07) is 20.8. The molecule has 4 aromatic rings. The maximum Gasteiger partial charge on any atom is 0.261 e. The van der Waals surface area contributed by atoms with Crippen LogP contribution in [-0.2, 0) is 16.4 Å². The van der Waals surface area contributed by atoms with Gasteiger partial charge in [-0.1, -0.05) is 40.2 Å². The molecule has 0 atom stereocenters. The van der Waals surface area contributed by atoms with Crippen LogP contribution >= 0.6 is 15.9 Å². The van der Waals surface area contributed by atoms with Crippen LogP contribution < -0.4 is 10.0 Å². The molecule has 1 heterocycles. The Labute approximate surface area is 188 Å². The number of carbonyl (C=O) groups excluding carboxylic acids is 1. The number of aromatic nitrogens is 1. The molecule has 1 aromatic heterocycles. The molecule has 0 bridgehead atoms. The number of carbonyl (C=O) groups is 1. The van der Waals surface area contributed by atoms with Crippen molar-refractivity contribution in [2.75, 3.05) is 11.3 Å². The fourth-order valence-electron chi connectivity index (χ4n) is 3.30. The molecule has 0 aliphatic heterocycles. The second-order valence-electron chi connectivity index (χ2n) is 7.01. The molecule has 4 rings (SSSR count). The molecule has 0 radical (unpaired) electrons. The van der Waals surface area contributed by atoms with Gasteiger partial charge < -0.3 is 10.3 Å². The minimum atomic E-state index is -3.75. The van der Waals surface area contributed by atoms with Crippen molar-refractivity contribution in [1.82, 2.24) is 10.3 Å². The minimum Gasteiger partial charge on any atom is -0.361 e. The Hall–Kier alpha value is -3.10. The summed E-state index contributed by atoms with van der Waals surface area (Å²) >= 11 is 3.29. The summed E-state index contributed by atoms with van der Waals surface area (Å²) in [6.07, 6.45) is 2.64. The van der Waals surface area contributed by atoms with Crippen LogP contribution in [0.3, 0.4) is 0 Å². The Kier molecular flexibility index (Phi) is 6.11. The topological polar surface area (TPSA) is 91.1 Å². The smallest absolute Gasteiger partial charge is 0.261 e. The fraction of sp³-hybridized carbons (Fsp3) is 0.0870. The fourth-order valence-corrected chi connectivity index (χ4v) is 4.62. The molecule has 0 saturated heterocycles. The van der Waals surface area contributed by atoms with Crippen LogP contribution in [-0.4, -0.2) is 25.9 Å². The average molecular weight is 498 g/mol. The van der Waals surface area contributed by atoms with Crippen LogP contribution in [0.4, 0.5) is 5.69 Å². The van der Waals surface area contributed by atoms with Crippen molar-refractivity contribution in [1.29, 1.82) is 0 Å². The van der Waals surface area contributed by atoms with E-state index in [4.69, 9.17) is 0 Å². The number of nitrogens with one attached hydrogen (secondary N) is 3.